The Morgan fingerprint density at radius 2 is 1.95 bits per heavy atom. The molecule has 0 saturated carbocycles. The zero-order valence-corrected chi connectivity index (χ0v) is 12.3. The number of rotatable bonds is 6. The smallest absolute Gasteiger partial charge is 0.284 e. The van der Waals surface area contributed by atoms with Crippen LogP contribution in [0.5, 0.6) is 0 Å². The van der Waals surface area contributed by atoms with Gasteiger partial charge in [0.1, 0.15) is 11.4 Å². The predicted octanol–water partition coefficient (Wildman–Crippen LogP) is 0.940. The molecule has 0 fully saturated rings. The van der Waals surface area contributed by atoms with Crippen molar-refractivity contribution in [3.05, 3.63) is 46.2 Å². The Labute approximate surface area is 123 Å². The number of para-hydroxylation sites is 1. The highest BCUT2D eigenvalue weighted by molar-refractivity contribution is 6.00. The van der Waals surface area contributed by atoms with E-state index in [4.69, 9.17) is 5.73 Å². The summed E-state index contributed by atoms with van der Waals surface area (Å²) in [5.74, 6) is -0.00339. The van der Waals surface area contributed by atoms with Crippen molar-refractivity contribution in [3.8, 4) is 5.69 Å². The van der Waals surface area contributed by atoms with E-state index >= 15 is 0 Å². The summed E-state index contributed by atoms with van der Waals surface area (Å²) in [6, 6.07) is 9.13. The van der Waals surface area contributed by atoms with Crippen LogP contribution in [0.1, 0.15) is 23.2 Å². The Morgan fingerprint density at radius 1 is 1.29 bits per heavy atom. The van der Waals surface area contributed by atoms with E-state index in [2.05, 4.69) is 5.32 Å². The first-order valence-electron chi connectivity index (χ1n) is 6.88. The van der Waals surface area contributed by atoms with E-state index in [-0.39, 0.29) is 22.7 Å². The molecule has 112 valence electrons. The highest BCUT2D eigenvalue weighted by Crippen LogP contribution is 2.14. The standard InChI is InChI=1S/C15H20N4O2/c1-17-10-6-9-12(20)13-14(16)18(2)19(15(13)21)11-7-4-3-5-8-11/h3-5,7-8,17H,6,9-10,16H2,1-2H3. The van der Waals surface area contributed by atoms with Gasteiger partial charge in [-0.2, -0.15) is 0 Å². The summed E-state index contributed by atoms with van der Waals surface area (Å²) < 4.78 is 2.93. The highest BCUT2D eigenvalue weighted by Gasteiger charge is 2.22. The fourth-order valence-corrected chi connectivity index (χ4v) is 2.29. The molecular weight excluding hydrogens is 268 g/mol. The van der Waals surface area contributed by atoms with Gasteiger partial charge < -0.3 is 11.1 Å². The van der Waals surface area contributed by atoms with E-state index < -0.39 is 0 Å². The molecule has 1 heterocycles. The molecule has 0 saturated heterocycles. The van der Waals surface area contributed by atoms with Crippen LogP contribution in [0.25, 0.3) is 5.69 Å². The fraction of sp³-hybridized carbons (Fsp3) is 0.333. The second-order valence-electron chi connectivity index (χ2n) is 4.87. The Bertz CT molecular complexity index is 686. The molecular formula is C15H20N4O2. The molecule has 0 aliphatic carbocycles. The Balaban J connectivity index is 2.42. The number of nitrogens with one attached hydrogen (secondary N) is 1. The van der Waals surface area contributed by atoms with Gasteiger partial charge in [-0.3, -0.25) is 14.3 Å². The summed E-state index contributed by atoms with van der Waals surface area (Å²) in [5.41, 5.74) is 6.35. The Morgan fingerprint density at radius 3 is 2.57 bits per heavy atom. The van der Waals surface area contributed by atoms with Crippen LogP contribution >= 0.6 is 0 Å². The van der Waals surface area contributed by atoms with E-state index in [0.717, 1.165) is 6.54 Å². The van der Waals surface area contributed by atoms with Gasteiger partial charge in [-0.25, -0.2) is 4.68 Å². The molecule has 0 unspecified atom stereocenters. The van der Waals surface area contributed by atoms with Crippen LogP contribution in [0.4, 0.5) is 5.82 Å². The number of aromatic nitrogens is 2. The maximum Gasteiger partial charge on any atom is 0.284 e. The van der Waals surface area contributed by atoms with Crippen LogP contribution in [0.2, 0.25) is 0 Å². The number of nitrogens with two attached hydrogens (primary N) is 1. The number of hydrogen-bond donors (Lipinski definition) is 2. The van der Waals surface area contributed by atoms with Crippen molar-refractivity contribution in [2.75, 3.05) is 19.3 Å². The van der Waals surface area contributed by atoms with Crippen LogP contribution in [0, 0.1) is 0 Å². The summed E-state index contributed by atoms with van der Waals surface area (Å²) in [4.78, 5) is 24.7. The third kappa shape index (κ3) is 2.90. The highest BCUT2D eigenvalue weighted by atomic mass is 16.2. The lowest BCUT2D eigenvalue weighted by Gasteiger charge is -2.07. The molecule has 1 aromatic heterocycles. The third-order valence-electron chi connectivity index (χ3n) is 3.42. The number of hydrogen-bond acceptors (Lipinski definition) is 4. The van der Waals surface area contributed by atoms with Gasteiger partial charge in [0.25, 0.3) is 5.56 Å². The van der Waals surface area contributed by atoms with Gasteiger partial charge >= 0.3 is 0 Å². The summed E-state index contributed by atoms with van der Waals surface area (Å²) in [6.45, 7) is 0.728. The number of nitrogen functional groups attached to an aromatic ring is 1. The molecule has 0 amide bonds. The van der Waals surface area contributed by atoms with Crippen LogP contribution < -0.4 is 16.6 Å². The molecule has 2 aromatic rings. The molecule has 0 aliphatic heterocycles. The second kappa shape index (κ2) is 6.41. The van der Waals surface area contributed by atoms with Crippen molar-refractivity contribution in [2.24, 2.45) is 7.05 Å². The molecule has 0 bridgehead atoms. The Kier molecular flexibility index (Phi) is 4.59. The minimum atomic E-state index is -0.365. The molecule has 0 atom stereocenters. The first-order valence-corrected chi connectivity index (χ1v) is 6.88. The number of ketones is 1. The summed E-state index contributed by atoms with van der Waals surface area (Å²) in [7, 11) is 3.50. The molecule has 6 heteroatoms. The zero-order chi connectivity index (χ0) is 15.4. The van der Waals surface area contributed by atoms with E-state index in [0.29, 0.717) is 18.5 Å². The minimum absolute atomic E-state index is 0.0810. The summed E-state index contributed by atoms with van der Waals surface area (Å²) >= 11 is 0. The van der Waals surface area contributed by atoms with Crippen LogP contribution in [0.15, 0.2) is 35.1 Å². The van der Waals surface area contributed by atoms with Gasteiger partial charge in [0.05, 0.1) is 5.69 Å². The lowest BCUT2D eigenvalue weighted by Crippen LogP contribution is -2.23. The molecule has 0 radical (unpaired) electrons. The second-order valence-corrected chi connectivity index (χ2v) is 4.87. The maximum atomic E-state index is 12.5. The summed E-state index contributed by atoms with van der Waals surface area (Å²) in [5, 5.41) is 2.97. The Hall–Kier alpha value is -2.34. The van der Waals surface area contributed by atoms with Gasteiger partial charge in [0.15, 0.2) is 5.78 Å². The molecule has 0 aliphatic rings. The first-order chi connectivity index (χ1) is 10.1. The normalized spacial score (nSPS) is 10.8. The average molecular weight is 288 g/mol. The number of benzene rings is 1. The number of carbonyl (C=O) groups is 1. The number of anilines is 1. The van der Waals surface area contributed by atoms with Crippen LogP contribution in [-0.2, 0) is 7.05 Å². The summed E-state index contributed by atoms with van der Waals surface area (Å²) in [6.07, 6.45) is 0.980. The van der Waals surface area contributed by atoms with Gasteiger partial charge in [-0.15, -0.1) is 0 Å². The number of Topliss-reactive ketones (excluding diaryl/α,β-unsaturated/α-hetero) is 1. The largest absolute Gasteiger partial charge is 0.383 e. The van der Waals surface area contributed by atoms with E-state index in [1.54, 1.807) is 19.2 Å². The molecule has 2 rings (SSSR count). The lowest BCUT2D eigenvalue weighted by molar-refractivity contribution is 0.0980. The number of carbonyl (C=O) groups excluding carboxylic acids is 1. The molecule has 21 heavy (non-hydrogen) atoms. The van der Waals surface area contributed by atoms with Crippen molar-refractivity contribution >= 4 is 11.6 Å². The molecule has 0 spiro atoms. The van der Waals surface area contributed by atoms with Crippen LogP contribution in [-0.4, -0.2) is 28.7 Å². The lowest BCUT2D eigenvalue weighted by atomic mass is 10.1. The predicted molar refractivity (Wildman–Crippen MR) is 82.9 cm³/mol. The van der Waals surface area contributed by atoms with Crippen molar-refractivity contribution in [2.45, 2.75) is 12.8 Å². The van der Waals surface area contributed by atoms with Crippen molar-refractivity contribution < 1.29 is 4.79 Å². The SMILES string of the molecule is CNCCCC(=O)c1c(N)n(C)n(-c2ccccc2)c1=O. The minimum Gasteiger partial charge on any atom is -0.383 e. The van der Waals surface area contributed by atoms with E-state index in [1.807, 2.05) is 25.2 Å². The monoisotopic (exact) mass is 288 g/mol. The van der Waals surface area contributed by atoms with E-state index in [1.165, 1.54) is 9.36 Å². The van der Waals surface area contributed by atoms with Crippen LogP contribution in [0.3, 0.4) is 0 Å². The number of nitrogens with zero attached hydrogens (tertiary/aromatic N) is 2. The van der Waals surface area contributed by atoms with Gasteiger partial charge in [0, 0.05) is 13.5 Å². The topological polar surface area (TPSA) is 82.1 Å². The average Bonchev–Trinajstić information content (AvgIpc) is 2.70. The third-order valence-corrected chi connectivity index (χ3v) is 3.42. The quantitative estimate of drug-likeness (QED) is 0.612. The van der Waals surface area contributed by atoms with Gasteiger partial charge in [0.2, 0.25) is 0 Å². The van der Waals surface area contributed by atoms with Gasteiger partial charge in [-0.05, 0) is 32.1 Å². The van der Waals surface area contributed by atoms with Gasteiger partial charge in [-0.1, -0.05) is 18.2 Å². The van der Waals surface area contributed by atoms with Crippen molar-refractivity contribution in [3.63, 3.8) is 0 Å². The fourth-order valence-electron chi connectivity index (χ4n) is 2.29. The molecule has 6 nitrogen and oxygen atoms in total. The molecule has 1 aromatic carbocycles. The van der Waals surface area contributed by atoms with Crippen molar-refractivity contribution in [1.29, 1.82) is 0 Å². The first kappa shape index (κ1) is 15.1. The van der Waals surface area contributed by atoms with Crippen molar-refractivity contribution in [1.82, 2.24) is 14.7 Å². The maximum absolute atomic E-state index is 12.5. The van der Waals surface area contributed by atoms with E-state index in [9.17, 15) is 9.59 Å². The molecule has 3 N–H and O–H groups in total. The zero-order valence-electron chi connectivity index (χ0n) is 12.3.